The van der Waals surface area contributed by atoms with Gasteiger partial charge in [0.2, 0.25) is 0 Å². The van der Waals surface area contributed by atoms with Gasteiger partial charge in [0.05, 0.1) is 6.10 Å². The van der Waals surface area contributed by atoms with Crippen molar-refractivity contribution in [2.45, 2.75) is 41.5 Å². The van der Waals surface area contributed by atoms with Crippen molar-refractivity contribution in [3.05, 3.63) is 24.0 Å². The third-order valence-corrected chi connectivity index (χ3v) is 5.13. The maximum atomic E-state index is 13.9. The van der Waals surface area contributed by atoms with Crippen LogP contribution in [0.15, 0.2) is 28.0 Å². The number of halogens is 4. The maximum absolute atomic E-state index is 13.9. The summed E-state index contributed by atoms with van der Waals surface area (Å²) in [5.41, 5.74) is -4.89. The second-order valence-corrected chi connectivity index (χ2v) is 8.12. The zero-order valence-electron chi connectivity index (χ0n) is 13.3. The Labute approximate surface area is 151 Å². The number of hydrogen-bond acceptors (Lipinski definition) is 7. The monoisotopic (exact) mass is 441 g/mol. The predicted molar refractivity (Wildman–Crippen MR) is 82.4 cm³/mol. The van der Waals surface area contributed by atoms with Crippen molar-refractivity contribution in [2.75, 3.05) is 6.61 Å². The molecule has 1 aromatic rings. The highest BCUT2D eigenvalue weighted by atomic mass is 32.2. The summed E-state index contributed by atoms with van der Waals surface area (Å²) in [6.07, 6.45) is -2.42. The molecule has 2 atom stereocenters. The van der Waals surface area contributed by atoms with Crippen LogP contribution in [0.1, 0.15) is 13.8 Å². The Morgan fingerprint density at radius 2 is 1.92 bits per heavy atom. The van der Waals surface area contributed by atoms with E-state index in [1.165, 1.54) is 0 Å². The zero-order chi connectivity index (χ0) is 20.1. The normalized spacial score (nSPS) is 14.5. The molecule has 1 rings (SSSR count). The van der Waals surface area contributed by atoms with E-state index in [4.69, 9.17) is 9.63 Å². The van der Waals surface area contributed by atoms with Crippen molar-refractivity contribution < 1.29 is 48.9 Å². The van der Waals surface area contributed by atoms with E-state index in [2.05, 4.69) is 8.71 Å². The third kappa shape index (κ3) is 7.82. The van der Waals surface area contributed by atoms with Crippen molar-refractivity contribution in [3.8, 4) is 0 Å². The van der Waals surface area contributed by atoms with Crippen LogP contribution in [0.4, 0.5) is 17.6 Å². The van der Waals surface area contributed by atoms with Gasteiger partial charge in [-0.3, -0.25) is 0 Å². The number of thioether (sulfide) groups is 1. The van der Waals surface area contributed by atoms with Crippen LogP contribution in [0.2, 0.25) is 0 Å². The van der Waals surface area contributed by atoms with Gasteiger partial charge in [-0.2, -0.15) is 21.6 Å². The Morgan fingerprint density at radius 1 is 1.31 bits per heavy atom. The minimum atomic E-state index is -5.13. The van der Waals surface area contributed by atoms with Gasteiger partial charge in [0.15, 0.2) is 0 Å². The Morgan fingerprint density at radius 3 is 2.42 bits per heavy atom. The first-order valence-electron chi connectivity index (χ1n) is 6.74. The molecule has 26 heavy (non-hydrogen) atoms. The SMILES string of the molecule is CC(C)OCC(O[P+](=O)O)OS(=O)(=O)c1c(F)cccc1SC(F)(F)F. The summed E-state index contributed by atoms with van der Waals surface area (Å²) in [6.45, 7) is 2.47. The molecule has 0 aliphatic heterocycles. The fraction of sp³-hybridized carbons (Fsp3) is 0.500. The van der Waals surface area contributed by atoms with E-state index in [-0.39, 0.29) is 0 Å². The molecular formula is C12H14F4O7PS2+. The number of alkyl halides is 3. The van der Waals surface area contributed by atoms with Gasteiger partial charge < -0.3 is 4.74 Å². The van der Waals surface area contributed by atoms with Gasteiger partial charge in [-0.1, -0.05) is 10.6 Å². The molecule has 0 aliphatic carbocycles. The third-order valence-electron chi connectivity index (χ3n) is 2.41. The van der Waals surface area contributed by atoms with Gasteiger partial charge in [-0.05, 0) is 37.7 Å². The first kappa shape index (κ1) is 23.2. The van der Waals surface area contributed by atoms with Crippen LogP contribution < -0.4 is 0 Å². The van der Waals surface area contributed by atoms with Crippen molar-refractivity contribution in [2.24, 2.45) is 0 Å². The van der Waals surface area contributed by atoms with E-state index in [9.17, 15) is 30.5 Å². The van der Waals surface area contributed by atoms with Crippen LogP contribution >= 0.6 is 20.0 Å². The summed E-state index contributed by atoms with van der Waals surface area (Å²) < 4.78 is 101. The molecule has 1 N–H and O–H groups in total. The van der Waals surface area contributed by atoms with Crippen molar-refractivity contribution in [1.29, 1.82) is 0 Å². The van der Waals surface area contributed by atoms with Gasteiger partial charge in [-0.25, -0.2) is 8.57 Å². The summed E-state index contributed by atoms with van der Waals surface area (Å²) in [7, 11) is -8.46. The van der Waals surface area contributed by atoms with E-state index in [1.807, 2.05) is 0 Å². The highest BCUT2D eigenvalue weighted by molar-refractivity contribution is 8.00. The fourth-order valence-corrected chi connectivity index (χ4v) is 4.05. The molecule has 0 amide bonds. The molecule has 0 saturated heterocycles. The molecule has 0 radical (unpaired) electrons. The van der Waals surface area contributed by atoms with Crippen LogP contribution in [-0.2, 0) is 28.1 Å². The Hall–Kier alpha value is -0.820. The van der Waals surface area contributed by atoms with E-state index >= 15 is 0 Å². The molecule has 2 unspecified atom stereocenters. The van der Waals surface area contributed by atoms with Crippen LogP contribution in [0.5, 0.6) is 0 Å². The summed E-state index contributed by atoms with van der Waals surface area (Å²) in [6, 6.07) is 2.26. The molecule has 0 aromatic heterocycles. The highest BCUT2D eigenvalue weighted by Crippen LogP contribution is 2.41. The molecule has 148 valence electrons. The molecule has 0 spiro atoms. The van der Waals surface area contributed by atoms with Crippen LogP contribution in [-0.4, -0.2) is 37.8 Å². The maximum Gasteiger partial charge on any atom is 0.697 e. The lowest BCUT2D eigenvalue weighted by molar-refractivity contribution is -0.0723. The molecule has 0 aliphatic rings. The largest absolute Gasteiger partial charge is 0.697 e. The molecule has 0 bridgehead atoms. The summed E-state index contributed by atoms with van der Waals surface area (Å²) >= 11 is -0.851. The summed E-state index contributed by atoms with van der Waals surface area (Å²) in [5.74, 6) is -1.49. The molecule has 1 aromatic carbocycles. The van der Waals surface area contributed by atoms with Crippen molar-refractivity contribution >= 4 is 30.1 Å². The number of ether oxygens (including phenoxy) is 1. The molecule has 14 heteroatoms. The lowest BCUT2D eigenvalue weighted by atomic mass is 10.3. The minimum Gasteiger partial charge on any atom is -0.373 e. The standard InChI is InChI=1S/C12H13F4O7PS2/c1-7(2)21-6-10(22-24(17)18)23-26(19,20)11-8(13)4-3-5-9(11)25-12(14,15)16/h3-5,7,10H,6H2,1-2H3/p+1. The molecule has 0 heterocycles. The predicted octanol–water partition coefficient (Wildman–Crippen LogP) is 3.56. The fourth-order valence-electron chi connectivity index (χ4n) is 1.57. The topological polar surface area (TPSA) is 99.1 Å². The second kappa shape index (κ2) is 9.40. The molecular weight excluding hydrogens is 427 g/mol. The summed E-state index contributed by atoms with van der Waals surface area (Å²) in [5, 5.41) is 0. The van der Waals surface area contributed by atoms with Gasteiger partial charge >= 0.3 is 23.9 Å². The van der Waals surface area contributed by atoms with E-state index in [0.717, 1.165) is 12.1 Å². The Kier molecular flexibility index (Phi) is 8.39. The van der Waals surface area contributed by atoms with Crippen LogP contribution in [0.25, 0.3) is 0 Å². The lowest BCUT2D eigenvalue weighted by Gasteiger charge is -2.16. The Bertz CT molecular complexity index is 740. The number of rotatable bonds is 9. The first-order valence-corrected chi connectivity index (χ1v) is 10.1. The van der Waals surface area contributed by atoms with Crippen molar-refractivity contribution in [3.63, 3.8) is 0 Å². The zero-order valence-corrected chi connectivity index (χ0v) is 15.8. The van der Waals surface area contributed by atoms with Crippen molar-refractivity contribution in [1.82, 2.24) is 0 Å². The van der Waals surface area contributed by atoms with E-state index in [1.54, 1.807) is 13.8 Å². The van der Waals surface area contributed by atoms with E-state index in [0.29, 0.717) is 6.07 Å². The minimum absolute atomic E-state index is 0.450. The van der Waals surface area contributed by atoms with Gasteiger partial charge in [0.1, 0.15) is 17.3 Å². The number of hydrogen-bond donors (Lipinski definition) is 1. The van der Waals surface area contributed by atoms with E-state index < -0.39 is 70.3 Å². The van der Waals surface area contributed by atoms with Crippen LogP contribution in [0, 0.1) is 5.82 Å². The molecule has 0 fully saturated rings. The first-order chi connectivity index (χ1) is 11.8. The molecule has 0 saturated carbocycles. The quantitative estimate of drug-likeness (QED) is 0.204. The number of benzene rings is 1. The van der Waals surface area contributed by atoms with Gasteiger partial charge in [0, 0.05) is 9.46 Å². The summed E-state index contributed by atoms with van der Waals surface area (Å²) in [4.78, 5) is 6.42. The van der Waals surface area contributed by atoms with Gasteiger partial charge in [-0.15, -0.1) is 4.89 Å². The second-order valence-electron chi connectivity index (χ2n) is 4.82. The Balaban J connectivity index is 3.20. The highest BCUT2D eigenvalue weighted by Gasteiger charge is 2.37. The lowest BCUT2D eigenvalue weighted by Crippen LogP contribution is -2.27. The smallest absolute Gasteiger partial charge is 0.373 e. The van der Waals surface area contributed by atoms with Gasteiger partial charge in [0.25, 0.3) is 6.29 Å². The molecule has 7 nitrogen and oxygen atoms in total. The average molecular weight is 441 g/mol. The van der Waals surface area contributed by atoms with Crippen LogP contribution in [0.3, 0.4) is 0 Å². The average Bonchev–Trinajstić information content (AvgIpc) is 2.41.